The van der Waals surface area contributed by atoms with Gasteiger partial charge >= 0.3 is 0 Å². The number of hydrogen-bond acceptors (Lipinski definition) is 6. The van der Waals surface area contributed by atoms with Crippen molar-refractivity contribution in [3.63, 3.8) is 0 Å². The molecular formula is C17H22N2O6S. The molecular weight excluding hydrogens is 360 g/mol. The highest BCUT2D eigenvalue weighted by Gasteiger charge is 2.40. The number of nitrogens with zero attached hydrogens (tertiary/aromatic N) is 1. The highest BCUT2D eigenvalue weighted by molar-refractivity contribution is 7.89. The molecule has 1 saturated heterocycles. The molecule has 2 atom stereocenters. The third-order valence-electron chi connectivity index (χ3n) is 3.97. The highest BCUT2D eigenvalue weighted by Crippen LogP contribution is 2.27. The standard InChI is InChI=1S/C17H22N2O6S/c1-2-3-4-11-25-14-6-8-15(9-7-14)26(23,24)19-12-13(20)5-10-16(19)17(21)18-22/h6-9,13,16,20,22H,2,5,10-12H2,1H3,(H,18,21). The molecule has 1 aromatic rings. The Bertz CT molecular complexity index is 782. The first-order chi connectivity index (χ1) is 12.4. The first kappa shape index (κ1) is 20.2. The van der Waals surface area contributed by atoms with Crippen LogP contribution in [0.25, 0.3) is 0 Å². The summed E-state index contributed by atoms with van der Waals surface area (Å²) in [5.74, 6) is 5.32. The van der Waals surface area contributed by atoms with Gasteiger partial charge < -0.3 is 9.84 Å². The Labute approximate surface area is 152 Å². The molecule has 0 bridgehead atoms. The molecule has 142 valence electrons. The molecule has 1 aliphatic heterocycles. The maximum absolute atomic E-state index is 12.9. The maximum Gasteiger partial charge on any atom is 0.261 e. The number of amides is 1. The molecule has 2 unspecified atom stereocenters. The molecule has 1 fully saturated rings. The van der Waals surface area contributed by atoms with Gasteiger partial charge in [0.05, 0.1) is 11.0 Å². The molecule has 0 aliphatic carbocycles. The predicted molar refractivity (Wildman–Crippen MR) is 92.9 cm³/mol. The molecule has 9 heteroatoms. The number of piperidine rings is 1. The first-order valence-electron chi connectivity index (χ1n) is 8.22. The molecule has 1 aromatic carbocycles. The van der Waals surface area contributed by atoms with Crippen LogP contribution in [0.2, 0.25) is 0 Å². The average molecular weight is 382 g/mol. The van der Waals surface area contributed by atoms with E-state index in [0.29, 0.717) is 5.75 Å². The minimum absolute atomic E-state index is 0.0330. The van der Waals surface area contributed by atoms with Crippen LogP contribution < -0.4 is 10.2 Å². The van der Waals surface area contributed by atoms with E-state index in [4.69, 9.17) is 9.94 Å². The lowest BCUT2D eigenvalue weighted by Crippen LogP contribution is -2.54. The topological polar surface area (TPSA) is 116 Å². The number of carbonyl (C=O) groups excluding carboxylic acids is 1. The molecule has 0 spiro atoms. The number of aliphatic hydroxyl groups excluding tert-OH is 1. The van der Waals surface area contributed by atoms with Crippen molar-refractivity contribution in [3.8, 4) is 17.6 Å². The minimum Gasteiger partial charge on any atom is -0.481 e. The number of hydroxylamine groups is 1. The fourth-order valence-corrected chi connectivity index (χ4v) is 4.32. The molecule has 1 aliphatic rings. The number of sulfonamides is 1. The number of ether oxygens (including phenoxy) is 1. The summed E-state index contributed by atoms with van der Waals surface area (Å²) < 4.78 is 32.0. The number of nitrogens with one attached hydrogen (secondary N) is 1. The summed E-state index contributed by atoms with van der Waals surface area (Å²) in [5.41, 5.74) is 1.49. The van der Waals surface area contributed by atoms with E-state index in [-0.39, 0.29) is 30.9 Å². The van der Waals surface area contributed by atoms with Crippen LogP contribution in [0.15, 0.2) is 29.2 Å². The van der Waals surface area contributed by atoms with Gasteiger partial charge in [0.1, 0.15) is 18.4 Å². The number of aliphatic hydroxyl groups is 1. The quantitative estimate of drug-likeness (QED) is 0.388. The summed E-state index contributed by atoms with van der Waals surface area (Å²) >= 11 is 0. The van der Waals surface area contributed by atoms with Crippen LogP contribution in [0.4, 0.5) is 0 Å². The van der Waals surface area contributed by atoms with Gasteiger partial charge in [0.15, 0.2) is 0 Å². The smallest absolute Gasteiger partial charge is 0.261 e. The lowest BCUT2D eigenvalue weighted by Gasteiger charge is -2.35. The molecule has 8 nitrogen and oxygen atoms in total. The van der Waals surface area contributed by atoms with Gasteiger partial charge in [-0.3, -0.25) is 10.0 Å². The normalized spacial score (nSPS) is 20.7. The van der Waals surface area contributed by atoms with Crippen molar-refractivity contribution >= 4 is 15.9 Å². The molecule has 0 radical (unpaired) electrons. The summed E-state index contributed by atoms with van der Waals surface area (Å²) in [7, 11) is -4.03. The van der Waals surface area contributed by atoms with Crippen molar-refractivity contribution < 1.29 is 28.3 Å². The number of rotatable bonds is 5. The van der Waals surface area contributed by atoms with Crippen LogP contribution in [0, 0.1) is 11.8 Å². The molecule has 0 aromatic heterocycles. The van der Waals surface area contributed by atoms with Crippen LogP contribution in [0.5, 0.6) is 5.75 Å². The van der Waals surface area contributed by atoms with Gasteiger partial charge in [0, 0.05) is 13.0 Å². The fraction of sp³-hybridized carbons (Fsp3) is 0.471. The lowest BCUT2D eigenvalue weighted by molar-refractivity contribution is -0.135. The van der Waals surface area contributed by atoms with E-state index < -0.39 is 28.1 Å². The van der Waals surface area contributed by atoms with E-state index in [9.17, 15) is 18.3 Å². The van der Waals surface area contributed by atoms with Crippen LogP contribution >= 0.6 is 0 Å². The van der Waals surface area contributed by atoms with E-state index in [1.165, 1.54) is 29.7 Å². The first-order valence-corrected chi connectivity index (χ1v) is 9.66. The van der Waals surface area contributed by atoms with Crippen LogP contribution in [-0.4, -0.2) is 54.2 Å². The van der Waals surface area contributed by atoms with Crippen molar-refractivity contribution in [2.24, 2.45) is 0 Å². The van der Waals surface area contributed by atoms with Crippen molar-refractivity contribution in [1.82, 2.24) is 9.79 Å². The zero-order valence-electron chi connectivity index (χ0n) is 14.4. The highest BCUT2D eigenvalue weighted by atomic mass is 32.2. The third-order valence-corrected chi connectivity index (χ3v) is 5.86. The van der Waals surface area contributed by atoms with E-state index in [0.717, 1.165) is 10.7 Å². The van der Waals surface area contributed by atoms with Gasteiger partial charge in [0.2, 0.25) is 10.0 Å². The van der Waals surface area contributed by atoms with E-state index in [1.807, 2.05) is 6.92 Å². The maximum atomic E-state index is 12.9. The average Bonchev–Trinajstić information content (AvgIpc) is 2.65. The van der Waals surface area contributed by atoms with Gasteiger partial charge in [0.25, 0.3) is 5.91 Å². The Morgan fingerprint density at radius 2 is 2.00 bits per heavy atom. The molecule has 1 amide bonds. The summed E-state index contributed by atoms with van der Waals surface area (Å²) in [5, 5.41) is 18.7. The number of carbonyl (C=O) groups is 1. The molecule has 26 heavy (non-hydrogen) atoms. The zero-order chi connectivity index (χ0) is 19.2. The molecule has 3 N–H and O–H groups in total. The Balaban J connectivity index is 2.20. The lowest BCUT2D eigenvalue weighted by atomic mass is 10.0. The second-order valence-corrected chi connectivity index (χ2v) is 7.66. The van der Waals surface area contributed by atoms with Gasteiger partial charge in [-0.2, -0.15) is 4.31 Å². The van der Waals surface area contributed by atoms with Gasteiger partial charge in [-0.05, 0) is 37.1 Å². The van der Waals surface area contributed by atoms with Crippen molar-refractivity contribution in [2.45, 2.75) is 43.2 Å². The molecule has 0 saturated carbocycles. The second kappa shape index (κ2) is 9.00. The Hall–Kier alpha value is -2.12. The van der Waals surface area contributed by atoms with Crippen molar-refractivity contribution in [2.75, 3.05) is 13.2 Å². The van der Waals surface area contributed by atoms with Crippen LogP contribution in [0.3, 0.4) is 0 Å². The van der Waals surface area contributed by atoms with Gasteiger partial charge in [-0.25, -0.2) is 13.9 Å². The molecule has 2 rings (SSSR count). The van der Waals surface area contributed by atoms with Gasteiger partial charge in [-0.15, -0.1) is 5.92 Å². The fourth-order valence-electron chi connectivity index (χ4n) is 2.66. The number of hydrogen-bond donors (Lipinski definition) is 3. The Kier molecular flexibility index (Phi) is 6.99. The summed E-state index contributed by atoms with van der Waals surface area (Å²) in [6.45, 7) is 1.91. The van der Waals surface area contributed by atoms with Crippen molar-refractivity contribution in [1.29, 1.82) is 0 Å². The molecule has 1 heterocycles. The third kappa shape index (κ3) is 4.74. The Morgan fingerprint density at radius 3 is 2.62 bits per heavy atom. The van der Waals surface area contributed by atoms with Crippen molar-refractivity contribution in [3.05, 3.63) is 24.3 Å². The Morgan fingerprint density at radius 1 is 1.31 bits per heavy atom. The zero-order valence-corrected chi connectivity index (χ0v) is 15.2. The predicted octanol–water partition coefficient (Wildman–Crippen LogP) is 0.498. The second-order valence-electron chi connectivity index (χ2n) is 5.76. The largest absolute Gasteiger partial charge is 0.481 e. The van der Waals surface area contributed by atoms with Gasteiger partial charge in [-0.1, -0.05) is 12.8 Å². The summed E-state index contributed by atoms with van der Waals surface area (Å²) in [6.07, 6.45) is 0.247. The monoisotopic (exact) mass is 382 g/mol. The summed E-state index contributed by atoms with van der Waals surface area (Å²) in [4.78, 5) is 11.8. The SMILES string of the molecule is CCC#CCOc1ccc(S(=O)(=O)N2CC(O)CCC2C(=O)NO)cc1. The minimum atomic E-state index is -4.03. The van der Waals surface area contributed by atoms with Crippen LogP contribution in [-0.2, 0) is 14.8 Å². The number of β-amino-alcohol motifs (C(OH)–C–C–N with tert-alkyl or cyclic N) is 1. The van der Waals surface area contributed by atoms with Crippen LogP contribution in [0.1, 0.15) is 26.2 Å². The van der Waals surface area contributed by atoms with E-state index >= 15 is 0 Å². The van der Waals surface area contributed by atoms with E-state index in [1.54, 1.807) is 0 Å². The number of benzene rings is 1. The summed E-state index contributed by atoms with van der Waals surface area (Å²) in [6, 6.07) is 4.66. The van der Waals surface area contributed by atoms with E-state index in [2.05, 4.69) is 11.8 Å².